The molecule has 0 aromatic carbocycles. The maximum atomic E-state index is 11.7. The lowest BCUT2D eigenvalue weighted by atomic mass is 10.2. The summed E-state index contributed by atoms with van der Waals surface area (Å²) < 4.78 is 5.12. The fourth-order valence-electron chi connectivity index (χ4n) is 1.06. The molecule has 0 heterocycles. The van der Waals surface area contributed by atoms with Crippen molar-refractivity contribution in [1.29, 1.82) is 0 Å². The third-order valence-corrected chi connectivity index (χ3v) is 1.84. The Labute approximate surface area is 103 Å². The summed E-state index contributed by atoms with van der Waals surface area (Å²) in [5, 5.41) is 0. The van der Waals surface area contributed by atoms with Crippen LogP contribution >= 0.6 is 0 Å². The molecule has 90 valence electrons. The van der Waals surface area contributed by atoms with Crippen LogP contribution in [0.1, 0.15) is 6.92 Å². The molecule has 0 rings (SSSR count). The minimum Gasteiger partial charge on any atom is -0.457 e. The Bertz CT molecular complexity index is 382. The SMILES string of the molecule is C=C/C=C(\C=C)COC(=O)C(/C=C\C)=C/C=C. The Morgan fingerprint density at radius 1 is 1.18 bits per heavy atom. The van der Waals surface area contributed by atoms with Crippen LogP contribution < -0.4 is 0 Å². The molecule has 0 unspecified atom stereocenters. The van der Waals surface area contributed by atoms with Crippen LogP contribution in [-0.2, 0) is 9.53 Å². The van der Waals surface area contributed by atoms with Gasteiger partial charge < -0.3 is 4.74 Å². The molecule has 2 nitrogen and oxygen atoms in total. The van der Waals surface area contributed by atoms with Crippen molar-refractivity contribution in [2.75, 3.05) is 6.61 Å². The van der Waals surface area contributed by atoms with Gasteiger partial charge >= 0.3 is 5.97 Å². The summed E-state index contributed by atoms with van der Waals surface area (Å²) in [6.07, 6.45) is 11.6. The maximum Gasteiger partial charge on any atom is 0.338 e. The van der Waals surface area contributed by atoms with Gasteiger partial charge in [-0.05, 0) is 18.6 Å². The van der Waals surface area contributed by atoms with E-state index in [1.807, 2.05) is 6.92 Å². The average molecular weight is 230 g/mol. The largest absolute Gasteiger partial charge is 0.457 e. The van der Waals surface area contributed by atoms with Crippen LogP contribution in [0.4, 0.5) is 0 Å². The van der Waals surface area contributed by atoms with Gasteiger partial charge in [0, 0.05) is 0 Å². The Morgan fingerprint density at radius 3 is 2.29 bits per heavy atom. The molecule has 0 saturated heterocycles. The molecule has 0 radical (unpaired) electrons. The number of hydrogen-bond acceptors (Lipinski definition) is 2. The fraction of sp³-hybridized carbons (Fsp3) is 0.133. The highest BCUT2D eigenvalue weighted by atomic mass is 16.5. The van der Waals surface area contributed by atoms with Crippen molar-refractivity contribution in [3.8, 4) is 0 Å². The van der Waals surface area contributed by atoms with E-state index >= 15 is 0 Å². The molecule has 0 spiro atoms. The van der Waals surface area contributed by atoms with E-state index in [1.165, 1.54) is 0 Å². The minimum atomic E-state index is -0.389. The van der Waals surface area contributed by atoms with Crippen LogP contribution in [0.25, 0.3) is 0 Å². The van der Waals surface area contributed by atoms with Gasteiger partial charge in [0.25, 0.3) is 0 Å². The molecule has 0 fully saturated rings. The lowest BCUT2D eigenvalue weighted by Gasteiger charge is -2.05. The van der Waals surface area contributed by atoms with Gasteiger partial charge in [0.15, 0.2) is 0 Å². The molecule has 0 N–H and O–H groups in total. The van der Waals surface area contributed by atoms with E-state index in [4.69, 9.17) is 4.74 Å². The molecule has 17 heavy (non-hydrogen) atoms. The summed E-state index contributed by atoms with van der Waals surface area (Å²) in [5.41, 5.74) is 1.26. The number of carbonyl (C=O) groups is 1. The molecule has 0 aromatic rings. The maximum absolute atomic E-state index is 11.7. The molecular formula is C15H18O2. The van der Waals surface area contributed by atoms with Crippen LogP contribution in [-0.4, -0.2) is 12.6 Å². The second kappa shape index (κ2) is 9.16. The van der Waals surface area contributed by atoms with Crippen molar-refractivity contribution in [3.63, 3.8) is 0 Å². The summed E-state index contributed by atoms with van der Waals surface area (Å²) in [6.45, 7) is 12.8. The van der Waals surface area contributed by atoms with Gasteiger partial charge in [-0.15, -0.1) is 0 Å². The van der Waals surface area contributed by atoms with Crippen LogP contribution in [0, 0.1) is 0 Å². The molecular weight excluding hydrogens is 212 g/mol. The van der Waals surface area contributed by atoms with Gasteiger partial charge in [0.2, 0.25) is 0 Å². The van der Waals surface area contributed by atoms with E-state index in [-0.39, 0.29) is 12.6 Å². The van der Waals surface area contributed by atoms with Gasteiger partial charge in [-0.3, -0.25) is 0 Å². The fourth-order valence-corrected chi connectivity index (χ4v) is 1.06. The second-order valence-electron chi connectivity index (χ2n) is 3.12. The highest BCUT2D eigenvalue weighted by Crippen LogP contribution is 2.04. The number of carbonyl (C=O) groups excluding carboxylic acids is 1. The third kappa shape index (κ3) is 6.15. The first-order chi connectivity index (χ1) is 8.19. The second-order valence-corrected chi connectivity index (χ2v) is 3.12. The highest BCUT2D eigenvalue weighted by Gasteiger charge is 2.06. The van der Waals surface area contributed by atoms with Crippen LogP contribution in [0.5, 0.6) is 0 Å². The average Bonchev–Trinajstić information content (AvgIpc) is 2.33. The van der Waals surface area contributed by atoms with Crippen molar-refractivity contribution < 1.29 is 9.53 Å². The molecule has 0 aliphatic carbocycles. The molecule has 0 amide bonds. The van der Waals surface area contributed by atoms with Crippen molar-refractivity contribution in [3.05, 3.63) is 73.4 Å². The van der Waals surface area contributed by atoms with Gasteiger partial charge in [-0.1, -0.05) is 56.2 Å². The van der Waals surface area contributed by atoms with Gasteiger partial charge in [0.05, 0.1) is 5.57 Å². The van der Waals surface area contributed by atoms with Crippen molar-refractivity contribution in [2.24, 2.45) is 0 Å². The Morgan fingerprint density at radius 2 is 1.82 bits per heavy atom. The molecule has 0 bridgehead atoms. The molecule has 2 heteroatoms. The van der Waals surface area contributed by atoms with E-state index in [1.54, 1.807) is 42.5 Å². The molecule has 0 aliphatic heterocycles. The summed E-state index contributed by atoms with van der Waals surface area (Å²) in [7, 11) is 0. The smallest absolute Gasteiger partial charge is 0.338 e. The van der Waals surface area contributed by atoms with E-state index in [0.717, 1.165) is 5.57 Å². The normalized spacial score (nSPS) is 12.3. The lowest BCUT2D eigenvalue weighted by Crippen LogP contribution is -2.08. The highest BCUT2D eigenvalue weighted by molar-refractivity contribution is 5.92. The summed E-state index contributed by atoms with van der Waals surface area (Å²) in [5.74, 6) is -0.389. The predicted molar refractivity (Wildman–Crippen MR) is 72.5 cm³/mol. The summed E-state index contributed by atoms with van der Waals surface area (Å²) >= 11 is 0. The zero-order valence-corrected chi connectivity index (χ0v) is 10.2. The number of ether oxygens (including phenoxy) is 1. The Hall–Kier alpha value is -2.09. The van der Waals surface area contributed by atoms with Crippen LogP contribution in [0.15, 0.2) is 73.4 Å². The van der Waals surface area contributed by atoms with Gasteiger partial charge in [-0.2, -0.15) is 0 Å². The number of allylic oxidation sites excluding steroid dienone is 5. The van der Waals surface area contributed by atoms with Crippen molar-refractivity contribution in [1.82, 2.24) is 0 Å². The topological polar surface area (TPSA) is 26.3 Å². The van der Waals surface area contributed by atoms with Crippen LogP contribution in [0.3, 0.4) is 0 Å². The Kier molecular flexibility index (Phi) is 8.03. The minimum absolute atomic E-state index is 0.181. The summed E-state index contributed by atoms with van der Waals surface area (Å²) in [4.78, 5) is 11.7. The number of esters is 1. The molecule has 0 atom stereocenters. The zero-order valence-electron chi connectivity index (χ0n) is 10.2. The monoisotopic (exact) mass is 230 g/mol. The van der Waals surface area contributed by atoms with Gasteiger partial charge in [-0.25, -0.2) is 4.79 Å². The summed E-state index contributed by atoms with van der Waals surface area (Å²) in [6, 6.07) is 0. The standard InChI is InChI=1S/C15H18O2/c1-5-9-13(8-4)12-17-15(16)14(10-6-2)11-7-3/h5-11H,1-2,4,12H2,3H3/b11-7-,13-9+,14-10+. The number of hydrogen-bond donors (Lipinski definition) is 0. The predicted octanol–water partition coefficient (Wildman–Crippen LogP) is 3.52. The number of rotatable bonds is 7. The van der Waals surface area contributed by atoms with E-state index in [2.05, 4.69) is 19.7 Å². The molecule has 0 saturated carbocycles. The zero-order chi connectivity index (χ0) is 13.1. The van der Waals surface area contributed by atoms with Crippen molar-refractivity contribution in [2.45, 2.75) is 6.92 Å². The van der Waals surface area contributed by atoms with Crippen molar-refractivity contribution >= 4 is 5.97 Å². The quantitative estimate of drug-likeness (QED) is 0.380. The molecule has 0 aromatic heterocycles. The first kappa shape index (κ1) is 14.9. The van der Waals surface area contributed by atoms with Gasteiger partial charge in [0.1, 0.15) is 6.61 Å². The van der Waals surface area contributed by atoms with E-state index < -0.39 is 0 Å². The first-order valence-corrected chi connectivity index (χ1v) is 5.26. The Balaban J connectivity index is 4.57. The van der Waals surface area contributed by atoms with E-state index in [9.17, 15) is 4.79 Å². The van der Waals surface area contributed by atoms with E-state index in [0.29, 0.717) is 5.57 Å². The third-order valence-electron chi connectivity index (χ3n) is 1.84. The lowest BCUT2D eigenvalue weighted by molar-refractivity contribution is -0.137. The van der Waals surface area contributed by atoms with Crippen LogP contribution in [0.2, 0.25) is 0 Å². The molecule has 0 aliphatic rings. The first-order valence-electron chi connectivity index (χ1n) is 5.26.